The normalized spacial score (nSPS) is 14.0. The molecule has 0 spiro atoms. The van der Waals surface area contributed by atoms with Gasteiger partial charge in [0, 0.05) is 16.5 Å². The molecule has 0 aliphatic heterocycles. The van der Waals surface area contributed by atoms with E-state index in [1.807, 2.05) is 42.0 Å². The van der Waals surface area contributed by atoms with Crippen LogP contribution in [0.2, 0.25) is 0 Å². The molecule has 15 heavy (non-hydrogen) atoms. The maximum Gasteiger partial charge on any atom is 0.106 e. The predicted molar refractivity (Wildman–Crippen MR) is 60.0 cm³/mol. The molecule has 0 aliphatic rings. The van der Waals surface area contributed by atoms with E-state index >= 15 is 0 Å². The van der Waals surface area contributed by atoms with Crippen LogP contribution in [0.1, 0.15) is 26.7 Å². The van der Waals surface area contributed by atoms with Gasteiger partial charge >= 0.3 is 0 Å². The van der Waals surface area contributed by atoms with E-state index in [9.17, 15) is 0 Å². The Kier molecular flexibility index (Phi) is 17.1. The zero-order valence-electron chi connectivity index (χ0n) is 10.7. The van der Waals surface area contributed by atoms with Crippen molar-refractivity contribution in [1.82, 2.24) is 9.80 Å². The topological polar surface area (TPSA) is 46.9 Å². The molecule has 0 saturated heterocycles. The van der Waals surface area contributed by atoms with Gasteiger partial charge in [0.2, 0.25) is 0 Å². The number of rotatable bonds is 4. The summed E-state index contributed by atoms with van der Waals surface area (Å²) in [6.45, 7) is 3.90. The molecule has 0 aromatic carbocycles. The Bertz CT molecular complexity index is 110. The van der Waals surface area contributed by atoms with Gasteiger partial charge in [0.1, 0.15) is 12.5 Å². The van der Waals surface area contributed by atoms with E-state index in [4.69, 9.17) is 10.2 Å². The van der Waals surface area contributed by atoms with Crippen LogP contribution in [0.25, 0.3) is 0 Å². The smallest absolute Gasteiger partial charge is 0.106 e. The standard InChI is InChI=1S/2C5H13NO.Ni/c2*1-4-5(7)6(2)3;/h2*5,7H,4H2,1-3H3;. The Morgan fingerprint density at radius 1 is 0.800 bits per heavy atom. The quantitative estimate of drug-likeness (QED) is 0.575. The summed E-state index contributed by atoms with van der Waals surface area (Å²) in [7, 11) is 7.42. The zero-order valence-corrected chi connectivity index (χ0v) is 11.7. The van der Waals surface area contributed by atoms with Crippen LogP contribution in [0.5, 0.6) is 0 Å². The van der Waals surface area contributed by atoms with Gasteiger partial charge in [0.05, 0.1) is 0 Å². The van der Waals surface area contributed by atoms with Crippen molar-refractivity contribution in [2.45, 2.75) is 39.1 Å². The molecule has 4 nitrogen and oxygen atoms in total. The fraction of sp³-hybridized carbons (Fsp3) is 1.00. The molecule has 0 radical (unpaired) electrons. The molecule has 0 aromatic rings. The molecule has 0 fully saturated rings. The second-order valence-electron chi connectivity index (χ2n) is 3.70. The van der Waals surface area contributed by atoms with Crippen LogP contribution in [-0.4, -0.2) is 60.7 Å². The first-order valence-electron chi connectivity index (χ1n) is 5.05. The molecule has 0 amide bonds. The van der Waals surface area contributed by atoms with E-state index in [2.05, 4.69) is 0 Å². The SMILES string of the molecule is CCC(O)N(C)C.CCC(O)N(C)C.[Ni]. The summed E-state index contributed by atoms with van der Waals surface area (Å²) in [6, 6.07) is 0. The first kappa shape index (κ1) is 20.7. The van der Waals surface area contributed by atoms with Gasteiger partial charge in [-0.05, 0) is 41.0 Å². The van der Waals surface area contributed by atoms with Gasteiger partial charge < -0.3 is 10.2 Å². The summed E-state index contributed by atoms with van der Waals surface area (Å²) < 4.78 is 0. The molecule has 98 valence electrons. The third kappa shape index (κ3) is 14.3. The maximum atomic E-state index is 8.86. The minimum absolute atomic E-state index is 0. The Morgan fingerprint density at radius 2 is 1.00 bits per heavy atom. The van der Waals surface area contributed by atoms with Gasteiger partial charge in [-0.15, -0.1) is 0 Å². The van der Waals surface area contributed by atoms with Crippen LogP contribution in [0.4, 0.5) is 0 Å². The molecule has 2 unspecified atom stereocenters. The van der Waals surface area contributed by atoms with Gasteiger partial charge in [-0.25, -0.2) is 0 Å². The summed E-state index contributed by atoms with van der Waals surface area (Å²) in [5.74, 6) is 0. The fourth-order valence-electron chi connectivity index (χ4n) is 0.730. The molecular formula is C10H26N2NiO2. The van der Waals surface area contributed by atoms with Gasteiger partial charge in [0.25, 0.3) is 0 Å². The van der Waals surface area contributed by atoms with E-state index < -0.39 is 0 Å². The summed E-state index contributed by atoms with van der Waals surface area (Å²) in [5.41, 5.74) is 0. The fourth-order valence-corrected chi connectivity index (χ4v) is 0.730. The van der Waals surface area contributed by atoms with Crippen molar-refractivity contribution in [3.8, 4) is 0 Å². The van der Waals surface area contributed by atoms with E-state index in [1.54, 1.807) is 9.80 Å². The van der Waals surface area contributed by atoms with E-state index in [-0.39, 0.29) is 28.9 Å². The molecule has 0 rings (SSSR count). The van der Waals surface area contributed by atoms with Crippen molar-refractivity contribution < 1.29 is 26.7 Å². The zero-order chi connectivity index (χ0) is 11.7. The van der Waals surface area contributed by atoms with E-state index in [1.165, 1.54) is 0 Å². The minimum atomic E-state index is -0.264. The Hall–Kier alpha value is 0.334. The number of nitrogens with zero attached hydrogens (tertiary/aromatic N) is 2. The van der Waals surface area contributed by atoms with Crippen molar-refractivity contribution in [1.29, 1.82) is 0 Å². The molecule has 0 bridgehead atoms. The number of hydrogen-bond acceptors (Lipinski definition) is 4. The average Bonchev–Trinajstić information content (AvgIpc) is 2.15. The summed E-state index contributed by atoms with van der Waals surface area (Å²) >= 11 is 0. The molecule has 0 saturated carbocycles. The summed E-state index contributed by atoms with van der Waals surface area (Å²) in [5, 5.41) is 17.7. The van der Waals surface area contributed by atoms with Crippen LogP contribution < -0.4 is 0 Å². The maximum absolute atomic E-state index is 8.86. The predicted octanol–water partition coefficient (Wildman–Crippen LogP) is 0.550. The third-order valence-corrected chi connectivity index (χ3v) is 1.92. The van der Waals surface area contributed by atoms with E-state index in [0.29, 0.717) is 0 Å². The number of hydrogen-bond donors (Lipinski definition) is 2. The Balaban J connectivity index is -0.000000180. The van der Waals surface area contributed by atoms with E-state index in [0.717, 1.165) is 12.8 Å². The van der Waals surface area contributed by atoms with Crippen LogP contribution >= 0.6 is 0 Å². The van der Waals surface area contributed by atoms with Crippen LogP contribution in [0.3, 0.4) is 0 Å². The van der Waals surface area contributed by atoms with Crippen LogP contribution in [0.15, 0.2) is 0 Å². The van der Waals surface area contributed by atoms with Gasteiger partial charge in [0.15, 0.2) is 0 Å². The minimum Gasteiger partial charge on any atom is -0.378 e. The Morgan fingerprint density at radius 3 is 1.00 bits per heavy atom. The van der Waals surface area contributed by atoms with Crippen molar-refractivity contribution >= 4 is 0 Å². The molecule has 0 heterocycles. The number of aliphatic hydroxyl groups excluding tert-OH is 2. The van der Waals surface area contributed by atoms with Crippen LogP contribution in [-0.2, 0) is 16.5 Å². The van der Waals surface area contributed by atoms with Crippen molar-refractivity contribution in [2.24, 2.45) is 0 Å². The van der Waals surface area contributed by atoms with Crippen molar-refractivity contribution in [2.75, 3.05) is 28.2 Å². The molecule has 0 aromatic heterocycles. The molecule has 2 N–H and O–H groups in total. The second-order valence-corrected chi connectivity index (χ2v) is 3.70. The Labute approximate surface area is 104 Å². The molecule has 2 atom stereocenters. The van der Waals surface area contributed by atoms with Gasteiger partial charge in [-0.2, -0.15) is 0 Å². The third-order valence-electron chi connectivity index (χ3n) is 1.92. The number of aliphatic hydroxyl groups is 2. The van der Waals surface area contributed by atoms with Gasteiger partial charge in [-0.3, -0.25) is 9.80 Å². The van der Waals surface area contributed by atoms with Crippen molar-refractivity contribution in [3.05, 3.63) is 0 Å². The van der Waals surface area contributed by atoms with Gasteiger partial charge in [-0.1, -0.05) is 13.8 Å². The molecular weight excluding hydrogens is 239 g/mol. The monoisotopic (exact) mass is 264 g/mol. The second kappa shape index (κ2) is 12.4. The summed E-state index contributed by atoms with van der Waals surface area (Å²) in [4.78, 5) is 3.56. The first-order valence-corrected chi connectivity index (χ1v) is 5.05. The average molecular weight is 265 g/mol. The first-order chi connectivity index (χ1) is 6.36. The summed E-state index contributed by atoms with van der Waals surface area (Å²) in [6.07, 6.45) is 1.07. The largest absolute Gasteiger partial charge is 0.378 e. The molecule has 0 aliphatic carbocycles. The van der Waals surface area contributed by atoms with Crippen LogP contribution in [0, 0.1) is 0 Å². The molecule has 5 heteroatoms. The van der Waals surface area contributed by atoms with Crippen molar-refractivity contribution in [3.63, 3.8) is 0 Å².